The van der Waals surface area contributed by atoms with Gasteiger partial charge < -0.3 is 10.7 Å². The summed E-state index contributed by atoms with van der Waals surface area (Å²) in [5, 5.41) is 9.54. The fourth-order valence-electron chi connectivity index (χ4n) is 0.101. The lowest BCUT2D eigenvalue weighted by Crippen LogP contribution is -2.81. The molecule has 0 aromatic heterocycles. The van der Waals surface area contributed by atoms with Crippen molar-refractivity contribution in [2.45, 2.75) is 6.92 Å². The maximum Gasteiger partial charge on any atom is 0.337 e. The molecule has 0 fully saturated rings. The summed E-state index contributed by atoms with van der Waals surface area (Å²) in [7, 11) is 0. The fraction of sp³-hybridized carbons (Fsp3) is 0.250. The summed E-state index contributed by atoms with van der Waals surface area (Å²) < 4.78 is 0. The van der Waals surface area contributed by atoms with Crippen LogP contribution in [0.3, 0.4) is 0 Å². The van der Waals surface area contributed by atoms with Crippen LogP contribution in [-0.2, 0) is 4.79 Å². The van der Waals surface area contributed by atoms with Gasteiger partial charge in [0.05, 0.1) is 0 Å². The van der Waals surface area contributed by atoms with E-state index in [0.717, 1.165) is 0 Å². The molecular formula is C4H7NO2. The summed E-state index contributed by atoms with van der Waals surface area (Å²) >= 11 is 0. The van der Waals surface area contributed by atoms with Crippen LogP contribution < -0.4 is 5.48 Å². The molecule has 40 valence electrons. The van der Waals surface area contributed by atoms with Gasteiger partial charge in [-0.1, -0.05) is 6.58 Å². The van der Waals surface area contributed by atoms with Crippen LogP contribution in [0.2, 0.25) is 0 Å². The lowest BCUT2D eigenvalue weighted by Gasteiger charge is -1.94. The predicted octanol–water partition coefficient (Wildman–Crippen LogP) is -0.850. The number of quaternary nitrogens is 1. The van der Waals surface area contributed by atoms with Crippen LogP contribution in [-0.4, -0.2) is 5.91 Å². The van der Waals surface area contributed by atoms with Crippen LogP contribution in [0.15, 0.2) is 12.2 Å². The Morgan fingerprint density at radius 3 is 2.29 bits per heavy atom. The van der Waals surface area contributed by atoms with E-state index in [0.29, 0.717) is 0 Å². The van der Waals surface area contributed by atoms with Crippen LogP contribution in [0.25, 0.3) is 0 Å². The molecule has 0 radical (unpaired) electrons. The first-order chi connectivity index (χ1) is 3.18. The lowest BCUT2D eigenvalue weighted by atomic mass is 10.3. The zero-order chi connectivity index (χ0) is 5.86. The van der Waals surface area contributed by atoms with Gasteiger partial charge in [-0.25, -0.2) is 4.79 Å². The maximum atomic E-state index is 10.0. The minimum absolute atomic E-state index is 0.252. The van der Waals surface area contributed by atoms with Crippen molar-refractivity contribution in [1.29, 1.82) is 0 Å². The van der Waals surface area contributed by atoms with Crippen molar-refractivity contribution in [2.24, 2.45) is 0 Å². The normalized spacial score (nSPS) is 8.29. The van der Waals surface area contributed by atoms with Crippen LogP contribution in [0, 0.1) is 5.21 Å². The van der Waals surface area contributed by atoms with Crippen LogP contribution in [0.1, 0.15) is 6.92 Å². The third-order valence-electron chi connectivity index (χ3n) is 0.528. The zero-order valence-corrected chi connectivity index (χ0v) is 4.10. The molecule has 0 aliphatic carbocycles. The highest BCUT2D eigenvalue weighted by molar-refractivity contribution is 5.83. The molecule has 0 saturated heterocycles. The molecule has 0 bridgehead atoms. The molecule has 0 aliphatic heterocycles. The molecule has 0 saturated carbocycles. The number of nitrogens with two attached hydrogens (primary N) is 1. The van der Waals surface area contributed by atoms with Gasteiger partial charge in [0.25, 0.3) is 0 Å². The molecule has 7 heavy (non-hydrogen) atoms. The average Bonchev–Trinajstić information content (AvgIpc) is 1.65. The van der Waals surface area contributed by atoms with E-state index in [1.54, 1.807) is 0 Å². The van der Waals surface area contributed by atoms with Crippen molar-refractivity contribution < 1.29 is 10.3 Å². The first-order valence-electron chi connectivity index (χ1n) is 1.83. The van der Waals surface area contributed by atoms with Crippen molar-refractivity contribution in [3.05, 3.63) is 17.4 Å². The second-order valence-corrected chi connectivity index (χ2v) is 1.26. The lowest BCUT2D eigenvalue weighted by molar-refractivity contribution is -0.496. The largest absolute Gasteiger partial charge is 0.628 e. The SMILES string of the molecule is C=C(C)C(=O)[NH2+][O-]. The second-order valence-electron chi connectivity index (χ2n) is 1.26. The number of hydroxylamine groups is 1. The van der Waals surface area contributed by atoms with Crippen molar-refractivity contribution in [3.8, 4) is 0 Å². The van der Waals surface area contributed by atoms with Gasteiger partial charge in [0.1, 0.15) is 0 Å². The van der Waals surface area contributed by atoms with Crippen molar-refractivity contribution in [1.82, 2.24) is 0 Å². The van der Waals surface area contributed by atoms with Crippen molar-refractivity contribution in [3.63, 3.8) is 0 Å². The summed E-state index contributed by atoms with van der Waals surface area (Å²) in [5.41, 5.74) is 0.539. The summed E-state index contributed by atoms with van der Waals surface area (Å²) in [6.07, 6.45) is 0. The number of rotatable bonds is 1. The topological polar surface area (TPSA) is 56.7 Å². The maximum absolute atomic E-state index is 10.0. The summed E-state index contributed by atoms with van der Waals surface area (Å²) in [5.74, 6) is -0.528. The van der Waals surface area contributed by atoms with Gasteiger partial charge in [0.15, 0.2) is 0 Å². The summed E-state index contributed by atoms with van der Waals surface area (Å²) in [6, 6.07) is 0. The van der Waals surface area contributed by atoms with E-state index in [2.05, 4.69) is 6.58 Å². The molecule has 1 amide bonds. The number of primary amides is 1. The third kappa shape index (κ3) is 2.08. The fourth-order valence-corrected chi connectivity index (χ4v) is 0.101. The smallest absolute Gasteiger partial charge is 0.337 e. The Morgan fingerprint density at radius 2 is 2.29 bits per heavy atom. The Balaban J connectivity index is 3.58. The molecule has 0 rings (SSSR count). The second kappa shape index (κ2) is 2.49. The average molecular weight is 101 g/mol. The highest BCUT2D eigenvalue weighted by Gasteiger charge is 1.96. The van der Waals surface area contributed by atoms with Gasteiger partial charge in [-0.05, 0) is 6.92 Å². The molecule has 0 spiro atoms. The van der Waals surface area contributed by atoms with Crippen molar-refractivity contribution >= 4 is 5.91 Å². The summed E-state index contributed by atoms with van der Waals surface area (Å²) in [4.78, 5) is 10.0. The predicted molar refractivity (Wildman–Crippen MR) is 25.1 cm³/mol. The molecule has 0 atom stereocenters. The Kier molecular flexibility index (Phi) is 2.26. The van der Waals surface area contributed by atoms with Gasteiger partial charge >= 0.3 is 5.91 Å². The molecule has 3 heteroatoms. The van der Waals surface area contributed by atoms with E-state index in [-0.39, 0.29) is 11.1 Å². The van der Waals surface area contributed by atoms with E-state index < -0.39 is 5.91 Å². The molecule has 0 aliphatic rings. The Hall–Kier alpha value is -0.670. The van der Waals surface area contributed by atoms with Crippen LogP contribution in [0.5, 0.6) is 0 Å². The van der Waals surface area contributed by atoms with Gasteiger partial charge in [-0.15, -0.1) is 0 Å². The Bertz CT molecular complexity index is 97.9. The summed E-state index contributed by atoms with van der Waals surface area (Å²) in [6.45, 7) is 4.74. The first-order valence-corrected chi connectivity index (χ1v) is 1.83. The van der Waals surface area contributed by atoms with E-state index >= 15 is 0 Å². The van der Waals surface area contributed by atoms with Gasteiger partial charge in [-0.2, -0.15) is 0 Å². The highest BCUT2D eigenvalue weighted by Crippen LogP contribution is 1.77. The minimum Gasteiger partial charge on any atom is -0.628 e. The van der Waals surface area contributed by atoms with Gasteiger partial charge in [0, 0.05) is 5.57 Å². The number of carbonyl (C=O) groups excluding carboxylic acids is 1. The molecule has 3 nitrogen and oxygen atoms in total. The first kappa shape index (κ1) is 6.33. The molecule has 2 N–H and O–H groups in total. The molecule has 0 aromatic rings. The minimum atomic E-state index is -0.528. The number of carbonyl (C=O) groups is 1. The van der Waals surface area contributed by atoms with Crippen LogP contribution in [0.4, 0.5) is 0 Å². The van der Waals surface area contributed by atoms with Crippen molar-refractivity contribution in [2.75, 3.05) is 0 Å². The Labute approximate surface area is 41.6 Å². The quantitative estimate of drug-likeness (QED) is 0.345. The van der Waals surface area contributed by atoms with Gasteiger partial charge in [0.2, 0.25) is 0 Å². The molecule has 0 aromatic carbocycles. The number of amides is 1. The monoisotopic (exact) mass is 101 g/mol. The zero-order valence-electron chi connectivity index (χ0n) is 4.10. The van der Waals surface area contributed by atoms with E-state index in [9.17, 15) is 10.0 Å². The third-order valence-corrected chi connectivity index (χ3v) is 0.528. The van der Waals surface area contributed by atoms with Crippen LogP contribution >= 0.6 is 0 Å². The number of hydrogen-bond acceptors (Lipinski definition) is 2. The number of hydrogen-bond donors (Lipinski definition) is 1. The molecule has 0 unspecified atom stereocenters. The molecular weight excluding hydrogens is 94.0 g/mol. The van der Waals surface area contributed by atoms with E-state index in [1.165, 1.54) is 6.92 Å². The van der Waals surface area contributed by atoms with E-state index in [1.807, 2.05) is 0 Å². The molecule has 0 heterocycles. The highest BCUT2D eigenvalue weighted by atomic mass is 16.5. The van der Waals surface area contributed by atoms with Gasteiger partial charge in [-0.3, -0.25) is 0 Å². The standard InChI is InChI=1S/C4H7NO2/c1-3(2)4(6)5-7/h1,5H2,2H3. The Morgan fingerprint density at radius 1 is 1.86 bits per heavy atom. The van der Waals surface area contributed by atoms with E-state index in [4.69, 9.17) is 0 Å².